The van der Waals surface area contributed by atoms with Gasteiger partial charge in [0.25, 0.3) is 0 Å². The van der Waals surface area contributed by atoms with E-state index in [0.717, 1.165) is 6.42 Å². The topological polar surface area (TPSA) is 73.1 Å². The third kappa shape index (κ3) is 5.70. The summed E-state index contributed by atoms with van der Waals surface area (Å²) in [5.41, 5.74) is 5.58. The monoisotopic (exact) mass is 252 g/mol. The maximum atomic E-state index is 5.58. The summed E-state index contributed by atoms with van der Waals surface area (Å²) >= 11 is 0. The smallest absolute Gasteiger partial charge is 0.225 e. The number of hydrogen-bond acceptors (Lipinski definition) is 5. The molecule has 0 unspecified atom stereocenters. The van der Waals surface area contributed by atoms with Crippen LogP contribution in [0, 0.1) is 0 Å². The van der Waals surface area contributed by atoms with Gasteiger partial charge in [0, 0.05) is 13.1 Å². The van der Waals surface area contributed by atoms with Crippen LogP contribution in [0.3, 0.4) is 0 Å². The first kappa shape index (κ1) is 14.5. The minimum atomic E-state index is 0.236. The second kappa shape index (κ2) is 8.55. The molecule has 0 aliphatic carbocycles. The minimum Gasteiger partial charge on any atom is -0.477 e. The summed E-state index contributed by atoms with van der Waals surface area (Å²) in [6.45, 7) is 2.91. The Hall–Kier alpha value is -1.52. The lowest BCUT2D eigenvalue weighted by Gasteiger charge is -2.07. The van der Waals surface area contributed by atoms with E-state index >= 15 is 0 Å². The molecule has 1 aromatic rings. The van der Waals surface area contributed by atoms with Crippen LogP contribution in [-0.4, -0.2) is 23.6 Å². The van der Waals surface area contributed by atoms with Crippen molar-refractivity contribution in [2.75, 3.05) is 24.7 Å². The van der Waals surface area contributed by atoms with Crippen molar-refractivity contribution in [3.8, 4) is 5.88 Å². The molecule has 0 aliphatic rings. The fourth-order valence-electron chi connectivity index (χ4n) is 1.70. The molecule has 0 atom stereocenters. The Bertz CT molecular complexity index is 344. The Morgan fingerprint density at radius 2 is 1.89 bits per heavy atom. The van der Waals surface area contributed by atoms with Crippen LogP contribution in [0.4, 0.5) is 11.8 Å². The minimum absolute atomic E-state index is 0.236. The molecule has 0 amide bonds. The van der Waals surface area contributed by atoms with Crippen molar-refractivity contribution in [2.45, 2.75) is 45.4 Å². The molecule has 0 bridgehead atoms. The summed E-state index contributed by atoms with van der Waals surface area (Å²) in [5, 5.41) is 2.92. The number of rotatable bonds is 9. The van der Waals surface area contributed by atoms with Crippen molar-refractivity contribution in [3.05, 3.63) is 6.07 Å². The molecule has 0 fully saturated rings. The summed E-state index contributed by atoms with van der Waals surface area (Å²) in [7, 11) is 1.79. The van der Waals surface area contributed by atoms with Crippen molar-refractivity contribution < 1.29 is 4.74 Å². The first-order valence-corrected chi connectivity index (χ1v) is 6.71. The SMILES string of the molecule is CCCCCCCCOc1cc(NC)nc(N)n1. The van der Waals surface area contributed by atoms with E-state index in [1.807, 2.05) is 0 Å². The van der Waals surface area contributed by atoms with Crippen molar-refractivity contribution in [3.63, 3.8) is 0 Å². The molecule has 1 heterocycles. The molecule has 0 spiro atoms. The van der Waals surface area contributed by atoms with Crippen LogP contribution in [-0.2, 0) is 0 Å². The Balaban J connectivity index is 2.20. The predicted molar refractivity (Wildman–Crippen MR) is 74.9 cm³/mol. The quantitative estimate of drug-likeness (QED) is 0.661. The average Bonchev–Trinajstić information content (AvgIpc) is 2.37. The second-order valence-electron chi connectivity index (χ2n) is 4.32. The van der Waals surface area contributed by atoms with Gasteiger partial charge >= 0.3 is 0 Å². The fraction of sp³-hybridized carbons (Fsp3) is 0.692. The number of ether oxygens (including phenoxy) is 1. The molecule has 5 nitrogen and oxygen atoms in total. The van der Waals surface area contributed by atoms with Crippen LogP contribution in [0.1, 0.15) is 45.4 Å². The van der Waals surface area contributed by atoms with Gasteiger partial charge in [0.05, 0.1) is 6.61 Å². The summed E-state index contributed by atoms with van der Waals surface area (Å²) in [6.07, 6.45) is 7.48. The third-order valence-electron chi connectivity index (χ3n) is 2.72. The van der Waals surface area contributed by atoms with Gasteiger partial charge in [-0.15, -0.1) is 0 Å². The second-order valence-corrected chi connectivity index (χ2v) is 4.32. The fourth-order valence-corrected chi connectivity index (χ4v) is 1.70. The average molecular weight is 252 g/mol. The van der Waals surface area contributed by atoms with E-state index in [1.165, 1.54) is 32.1 Å². The number of nitrogens with zero attached hydrogens (tertiary/aromatic N) is 2. The van der Waals surface area contributed by atoms with Gasteiger partial charge in [-0.2, -0.15) is 9.97 Å². The van der Waals surface area contributed by atoms with Gasteiger partial charge in [-0.1, -0.05) is 39.0 Å². The lowest BCUT2D eigenvalue weighted by molar-refractivity contribution is 0.293. The van der Waals surface area contributed by atoms with Crippen molar-refractivity contribution in [2.24, 2.45) is 0 Å². The van der Waals surface area contributed by atoms with Crippen LogP contribution < -0.4 is 15.8 Å². The summed E-state index contributed by atoms with van der Waals surface area (Å²) in [5.74, 6) is 1.46. The standard InChI is InChI=1S/C13H24N4O/c1-3-4-5-6-7-8-9-18-12-10-11(15-2)16-13(14)17-12/h10H,3-9H2,1-2H3,(H3,14,15,16,17). The maximum Gasteiger partial charge on any atom is 0.225 e. The number of nitrogen functional groups attached to an aromatic ring is 1. The number of anilines is 2. The molecule has 0 radical (unpaired) electrons. The molecule has 3 N–H and O–H groups in total. The predicted octanol–water partition coefficient (Wildman–Crippen LogP) is 2.84. The van der Waals surface area contributed by atoms with E-state index in [2.05, 4.69) is 22.2 Å². The highest BCUT2D eigenvalue weighted by molar-refractivity contribution is 5.41. The number of aromatic nitrogens is 2. The Labute approximate surface area is 109 Å². The lowest BCUT2D eigenvalue weighted by atomic mass is 10.1. The van der Waals surface area contributed by atoms with E-state index in [1.54, 1.807) is 13.1 Å². The molecule has 0 saturated heterocycles. The molecule has 1 rings (SSSR count). The highest BCUT2D eigenvalue weighted by Gasteiger charge is 2.01. The van der Waals surface area contributed by atoms with E-state index in [4.69, 9.17) is 10.5 Å². The van der Waals surface area contributed by atoms with Crippen LogP contribution in [0.25, 0.3) is 0 Å². The van der Waals surface area contributed by atoms with E-state index in [9.17, 15) is 0 Å². The van der Waals surface area contributed by atoms with Crippen molar-refractivity contribution in [1.82, 2.24) is 9.97 Å². The van der Waals surface area contributed by atoms with Crippen LogP contribution in [0.15, 0.2) is 6.07 Å². The van der Waals surface area contributed by atoms with Crippen molar-refractivity contribution >= 4 is 11.8 Å². The summed E-state index contributed by atoms with van der Waals surface area (Å²) < 4.78 is 5.56. The first-order chi connectivity index (χ1) is 8.76. The molecular formula is C13H24N4O. The van der Waals surface area contributed by atoms with Crippen LogP contribution in [0.2, 0.25) is 0 Å². The third-order valence-corrected chi connectivity index (χ3v) is 2.72. The van der Waals surface area contributed by atoms with E-state index < -0.39 is 0 Å². The van der Waals surface area contributed by atoms with Gasteiger partial charge in [-0.3, -0.25) is 0 Å². The van der Waals surface area contributed by atoms with Gasteiger partial charge in [0.1, 0.15) is 5.82 Å². The molecule has 0 aliphatic heterocycles. The van der Waals surface area contributed by atoms with Crippen LogP contribution in [0.5, 0.6) is 5.88 Å². The highest BCUT2D eigenvalue weighted by Crippen LogP contribution is 2.14. The largest absolute Gasteiger partial charge is 0.477 e. The maximum absolute atomic E-state index is 5.58. The Morgan fingerprint density at radius 1 is 1.17 bits per heavy atom. The van der Waals surface area contributed by atoms with Gasteiger partial charge in [0.15, 0.2) is 0 Å². The van der Waals surface area contributed by atoms with Gasteiger partial charge in [-0.05, 0) is 6.42 Å². The molecule has 5 heteroatoms. The Morgan fingerprint density at radius 3 is 2.61 bits per heavy atom. The zero-order valence-corrected chi connectivity index (χ0v) is 11.4. The van der Waals surface area contributed by atoms with Gasteiger partial charge < -0.3 is 15.8 Å². The molecular weight excluding hydrogens is 228 g/mol. The number of unbranched alkanes of at least 4 members (excludes halogenated alkanes) is 5. The molecule has 0 aromatic carbocycles. The van der Waals surface area contributed by atoms with E-state index in [0.29, 0.717) is 18.3 Å². The molecule has 1 aromatic heterocycles. The molecule has 102 valence electrons. The van der Waals surface area contributed by atoms with Gasteiger partial charge in [0.2, 0.25) is 11.8 Å². The number of hydrogen-bond donors (Lipinski definition) is 2. The van der Waals surface area contributed by atoms with Gasteiger partial charge in [-0.25, -0.2) is 0 Å². The first-order valence-electron chi connectivity index (χ1n) is 6.71. The zero-order chi connectivity index (χ0) is 13.2. The zero-order valence-electron chi connectivity index (χ0n) is 11.4. The number of nitrogens with two attached hydrogens (primary N) is 1. The number of nitrogens with one attached hydrogen (secondary N) is 1. The molecule has 18 heavy (non-hydrogen) atoms. The van der Waals surface area contributed by atoms with E-state index in [-0.39, 0.29) is 5.95 Å². The normalized spacial score (nSPS) is 10.3. The van der Waals surface area contributed by atoms with Crippen LogP contribution >= 0.6 is 0 Å². The van der Waals surface area contributed by atoms with Crippen molar-refractivity contribution in [1.29, 1.82) is 0 Å². The summed E-state index contributed by atoms with van der Waals surface area (Å²) in [6, 6.07) is 1.76. The molecule has 0 saturated carbocycles. The summed E-state index contributed by atoms with van der Waals surface area (Å²) in [4.78, 5) is 8.04. The highest BCUT2D eigenvalue weighted by atomic mass is 16.5. The Kier molecular flexibility index (Phi) is 6.91. The lowest BCUT2D eigenvalue weighted by Crippen LogP contribution is -2.04.